The summed E-state index contributed by atoms with van der Waals surface area (Å²) in [4.78, 5) is 0. The van der Waals surface area contributed by atoms with Gasteiger partial charge in [-0.15, -0.1) is 0 Å². The number of nitrogens with two attached hydrogens (primary N) is 1. The van der Waals surface area contributed by atoms with Crippen molar-refractivity contribution in [1.29, 1.82) is 0 Å². The first-order valence-electron chi connectivity index (χ1n) is 4.53. The summed E-state index contributed by atoms with van der Waals surface area (Å²) < 4.78 is 5.03. The molecule has 1 aromatic carbocycles. The first-order valence-corrected chi connectivity index (χ1v) is 4.53. The van der Waals surface area contributed by atoms with Gasteiger partial charge < -0.3 is 10.3 Å². The summed E-state index contributed by atoms with van der Waals surface area (Å²) in [6.45, 7) is 2.39. The lowest BCUT2D eigenvalue weighted by Gasteiger charge is -2.02. The summed E-state index contributed by atoms with van der Waals surface area (Å²) in [6.07, 6.45) is 0. The molecular weight excluding hydrogens is 176 g/mol. The molecule has 2 aromatic rings. The number of hydrogen-bond donors (Lipinski definition) is 1. The molecule has 3 nitrogen and oxygen atoms in total. The lowest BCUT2D eigenvalue weighted by molar-refractivity contribution is 0.399. The molecule has 0 spiro atoms. The van der Waals surface area contributed by atoms with Crippen molar-refractivity contribution in [3.63, 3.8) is 0 Å². The molecular formula is C11H12N2O. The molecule has 0 aliphatic carbocycles. The Morgan fingerprint density at radius 2 is 2.14 bits per heavy atom. The largest absolute Gasteiger partial charge is 0.361 e. The number of aryl methyl sites for hydroxylation is 1. The van der Waals surface area contributed by atoms with Crippen molar-refractivity contribution >= 4 is 0 Å². The monoisotopic (exact) mass is 188 g/mol. The molecule has 0 saturated heterocycles. The average Bonchev–Trinajstić information content (AvgIpc) is 2.65. The minimum Gasteiger partial charge on any atom is -0.361 e. The third kappa shape index (κ3) is 1.54. The summed E-state index contributed by atoms with van der Waals surface area (Å²) in [7, 11) is 0. The molecule has 0 bridgehead atoms. The molecule has 0 fully saturated rings. The van der Waals surface area contributed by atoms with Gasteiger partial charge in [-0.25, -0.2) is 0 Å². The van der Waals surface area contributed by atoms with Crippen LogP contribution in [0.5, 0.6) is 0 Å². The summed E-state index contributed by atoms with van der Waals surface area (Å²) in [5, 5.41) is 3.96. The highest BCUT2D eigenvalue weighted by atomic mass is 16.5. The molecule has 72 valence electrons. The summed E-state index contributed by atoms with van der Waals surface area (Å²) in [5.74, 6) is 0.812. The van der Waals surface area contributed by atoms with Crippen molar-refractivity contribution < 1.29 is 4.52 Å². The maximum Gasteiger partial charge on any atom is 0.134 e. The summed E-state index contributed by atoms with van der Waals surface area (Å²) >= 11 is 0. The molecule has 0 amide bonds. The summed E-state index contributed by atoms with van der Waals surface area (Å²) in [5.41, 5.74) is 8.62. The molecule has 1 aromatic heterocycles. The molecule has 14 heavy (non-hydrogen) atoms. The third-order valence-electron chi connectivity index (χ3n) is 2.14. The van der Waals surface area contributed by atoms with Gasteiger partial charge in [0.05, 0.1) is 0 Å². The fourth-order valence-corrected chi connectivity index (χ4v) is 1.44. The van der Waals surface area contributed by atoms with Crippen LogP contribution in [0.1, 0.15) is 11.3 Å². The topological polar surface area (TPSA) is 52.0 Å². The molecule has 0 aliphatic heterocycles. The Morgan fingerprint density at radius 3 is 2.79 bits per heavy atom. The number of nitrogens with zero attached hydrogens (tertiary/aromatic N) is 1. The van der Waals surface area contributed by atoms with Crippen molar-refractivity contribution in [1.82, 2.24) is 5.16 Å². The van der Waals surface area contributed by atoms with E-state index in [1.54, 1.807) is 0 Å². The SMILES string of the molecule is Cc1cc(-c2ccccc2CN)no1. The van der Waals surface area contributed by atoms with Crippen LogP contribution in [0.2, 0.25) is 0 Å². The first-order chi connectivity index (χ1) is 6.81. The molecule has 0 radical (unpaired) electrons. The van der Waals surface area contributed by atoms with E-state index in [0.717, 1.165) is 22.6 Å². The van der Waals surface area contributed by atoms with Crippen LogP contribution in [0.4, 0.5) is 0 Å². The lowest BCUT2D eigenvalue weighted by atomic mass is 10.0. The van der Waals surface area contributed by atoms with Gasteiger partial charge in [0.15, 0.2) is 0 Å². The predicted octanol–water partition coefficient (Wildman–Crippen LogP) is 2.11. The smallest absolute Gasteiger partial charge is 0.134 e. The van der Waals surface area contributed by atoms with E-state index in [9.17, 15) is 0 Å². The van der Waals surface area contributed by atoms with Gasteiger partial charge in [-0.05, 0) is 12.5 Å². The highest BCUT2D eigenvalue weighted by Gasteiger charge is 2.06. The molecule has 0 unspecified atom stereocenters. The number of benzene rings is 1. The van der Waals surface area contributed by atoms with Gasteiger partial charge in [-0.2, -0.15) is 0 Å². The maximum atomic E-state index is 5.64. The van der Waals surface area contributed by atoms with E-state index in [2.05, 4.69) is 5.16 Å². The van der Waals surface area contributed by atoms with Gasteiger partial charge in [0.25, 0.3) is 0 Å². The van der Waals surface area contributed by atoms with Gasteiger partial charge in [-0.1, -0.05) is 29.4 Å². The Hall–Kier alpha value is -1.61. The number of rotatable bonds is 2. The fourth-order valence-electron chi connectivity index (χ4n) is 1.44. The van der Waals surface area contributed by atoms with E-state index in [4.69, 9.17) is 10.3 Å². The van der Waals surface area contributed by atoms with Gasteiger partial charge in [-0.3, -0.25) is 0 Å². The van der Waals surface area contributed by atoms with Gasteiger partial charge in [0.2, 0.25) is 0 Å². The van der Waals surface area contributed by atoms with Crippen molar-refractivity contribution in [2.75, 3.05) is 0 Å². The van der Waals surface area contributed by atoms with Crippen LogP contribution < -0.4 is 5.73 Å². The van der Waals surface area contributed by atoms with E-state index in [0.29, 0.717) is 6.54 Å². The lowest BCUT2D eigenvalue weighted by Crippen LogP contribution is -1.98. The van der Waals surface area contributed by atoms with Crippen LogP contribution in [0.25, 0.3) is 11.3 Å². The second kappa shape index (κ2) is 3.64. The standard InChI is InChI=1S/C11H12N2O/c1-8-6-11(13-14-8)10-5-3-2-4-9(10)7-12/h2-6H,7,12H2,1H3. The molecule has 2 N–H and O–H groups in total. The Morgan fingerprint density at radius 1 is 1.36 bits per heavy atom. The molecule has 0 aliphatic rings. The van der Waals surface area contributed by atoms with E-state index in [-0.39, 0.29) is 0 Å². The second-order valence-corrected chi connectivity index (χ2v) is 3.18. The fraction of sp³-hybridized carbons (Fsp3) is 0.182. The van der Waals surface area contributed by atoms with Crippen LogP contribution in [0.3, 0.4) is 0 Å². The first kappa shape index (κ1) is 8.97. The average molecular weight is 188 g/mol. The van der Waals surface area contributed by atoms with Crippen molar-refractivity contribution in [2.45, 2.75) is 13.5 Å². The van der Waals surface area contributed by atoms with Crippen molar-refractivity contribution in [3.8, 4) is 11.3 Å². The highest BCUT2D eigenvalue weighted by Crippen LogP contribution is 2.22. The van der Waals surface area contributed by atoms with Crippen molar-refractivity contribution in [2.24, 2.45) is 5.73 Å². The highest BCUT2D eigenvalue weighted by molar-refractivity contribution is 5.63. The zero-order valence-corrected chi connectivity index (χ0v) is 8.03. The molecule has 2 rings (SSSR count). The van der Waals surface area contributed by atoms with Crippen LogP contribution in [0.15, 0.2) is 34.9 Å². The number of hydrogen-bond acceptors (Lipinski definition) is 3. The van der Waals surface area contributed by atoms with E-state index in [1.807, 2.05) is 37.3 Å². The van der Waals surface area contributed by atoms with Gasteiger partial charge >= 0.3 is 0 Å². The Labute approximate surface area is 82.5 Å². The minimum atomic E-state index is 0.516. The maximum absolute atomic E-state index is 5.64. The molecule has 0 atom stereocenters. The Kier molecular flexibility index (Phi) is 2.33. The van der Waals surface area contributed by atoms with Gasteiger partial charge in [0.1, 0.15) is 11.5 Å². The quantitative estimate of drug-likeness (QED) is 0.785. The van der Waals surface area contributed by atoms with Crippen LogP contribution >= 0.6 is 0 Å². The normalized spacial score (nSPS) is 10.4. The van der Waals surface area contributed by atoms with E-state index in [1.165, 1.54) is 0 Å². The van der Waals surface area contributed by atoms with E-state index >= 15 is 0 Å². The van der Waals surface area contributed by atoms with Gasteiger partial charge in [0, 0.05) is 18.2 Å². The van der Waals surface area contributed by atoms with Crippen LogP contribution in [-0.4, -0.2) is 5.16 Å². The second-order valence-electron chi connectivity index (χ2n) is 3.18. The predicted molar refractivity (Wildman–Crippen MR) is 54.6 cm³/mol. The Bertz CT molecular complexity index is 434. The summed E-state index contributed by atoms with van der Waals surface area (Å²) in [6, 6.07) is 9.85. The third-order valence-corrected chi connectivity index (χ3v) is 2.14. The zero-order chi connectivity index (χ0) is 9.97. The molecule has 1 heterocycles. The van der Waals surface area contributed by atoms with Crippen LogP contribution in [0, 0.1) is 6.92 Å². The molecule has 3 heteroatoms. The number of aromatic nitrogens is 1. The van der Waals surface area contributed by atoms with E-state index < -0.39 is 0 Å². The van der Waals surface area contributed by atoms with Crippen LogP contribution in [-0.2, 0) is 6.54 Å². The van der Waals surface area contributed by atoms with Crippen molar-refractivity contribution in [3.05, 3.63) is 41.7 Å². The molecule has 0 saturated carbocycles. The zero-order valence-electron chi connectivity index (χ0n) is 8.03. The Balaban J connectivity index is 2.50. The minimum absolute atomic E-state index is 0.516.